The molecule has 1 rings (SSSR count). The van der Waals surface area contributed by atoms with E-state index in [9.17, 15) is 13.5 Å². The van der Waals surface area contributed by atoms with E-state index in [1.54, 1.807) is 39.8 Å². The summed E-state index contributed by atoms with van der Waals surface area (Å²) in [7, 11) is -7.77. The second-order valence-corrected chi connectivity index (χ2v) is 9.27. The molecule has 1 aromatic rings. The Kier molecular flexibility index (Phi) is 11.6. The molecule has 0 saturated carbocycles. The van der Waals surface area contributed by atoms with E-state index in [1.807, 2.05) is 0 Å². The molecule has 162 valence electrons. The van der Waals surface area contributed by atoms with Crippen molar-refractivity contribution in [2.75, 3.05) is 33.0 Å². The van der Waals surface area contributed by atoms with Crippen LogP contribution in [0.4, 0.5) is 4.39 Å². The van der Waals surface area contributed by atoms with Gasteiger partial charge in [0, 0.05) is 13.1 Å². The molecule has 0 fully saturated rings. The molecule has 0 radical (unpaired) electrons. The lowest BCUT2D eigenvalue weighted by molar-refractivity contribution is 0.0888. The summed E-state index contributed by atoms with van der Waals surface area (Å²) < 4.78 is 65.7. The summed E-state index contributed by atoms with van der Waals surface area (Å²) in [5.41, 5.74) is 0.680. The normalized spacial score (nSPS) is 13.6. The summed E-state index contributed by atoms with van der Waals surface area (Å²) in [5, 5.41) is 3.00. The van der Waals surface area contributed by atoms with Crippen LogP contribution in [-0.4, -0.2) is 38.8 Å². The van der Waals surface area contributed by atoms with Gasteiger partial charge >= 0.3 is 15.4 Å². The summed E-state index contributed by atoms with van der Waals surface area (Å²) in [4.78, 5) is 0. The minimum atomic E-state index is -3.97. The lowest BCUT2D eigenvalue weighted by Gasteiger charge is -2.29. The predicted molar refractivity (Wildman–Crippen MR) is 105 cm³/mol. The second-order valence-electron chi connectivity index (χ2n) is 5.48. The van der Waals surface area contributed by atoms with Crippen molar-refractivity contribution in [1.82, 2.24) is 5.32 Å². The molecule has 0 aliphatic rings. The zero-order valence-electron chi connectivity index (χ0n) is 16.8. The van der Waals surface area contributed by atoms with E-state index in [4.69, 9.17) is 22.6 Å². The highest BCUT2D eigenvalue weighted by Gasteiger charge is 2.43. The Balaban J connectivity index is 2.98. The molecular weight excluding hydrogens is 411 g/mol. The van der Waals surface area contributed by atoms with Gasteiger partial charge in [0.25, 0.3) is 0 Å². The molecular formula is C17H30FNO7P2. The molecule has 28 heavy (non-hydrogen) atoms. The molecule has 0 aliphatic carbocycles. The van der Waals surface area contributed by atoms with Crippen molar-refractivity contribution >= 4 is 15.4 Å². The van der Waals surface area contributed by atoms with E-state index in [2.05, 4.69) is 5.32 Å². The van der Waals surface area contributed by atoms with Gasteiger partial charge in [-0.05, 0) is 45.4 Å². The topological polar surface area (TPSA) is 92.3 Å². The van der Waals surface area contributed by atoms with Crippen LogP contribution in [0.15, 0.2) is 24.3 Å². The maximum Gasteiger partial charge on any atom is 0.475 e. The van der Waals surface area contributed by atoms with E-state index in [1.165, 1.54) is 12.1 Å². The second kappa shape index (κ2) is 12.8. The number of rotatable bonds is 15. The Hall–Kier alpha value is -0.630. The highest BCUT2D eigenvalue weighted by molar-refractivity contribution is 7.56. The lowest BCUT2D eigenvalue weighted by atomic mass is 10.2. The van der Waals surface area contributed by atoms with E-state index in [0.29, 0.717) is 5.56 Å². The fraction of sp³-hybridized carbons (Fsp3) is 0.647. The Morgan fingerprint density at radius 1 is 0.964 bits per heavy atom. The fourth-order valence-corrected chi connectivity index (χ4v) is 5.81. The van der Waals surface area contributed by atoms with Gasteiger partial charge < -0.3 is 14.4 Å². The number of phosphoric acid groups is 1. The van der Waals surface area contributed by atoms with Gasteiger partial charge in [0.1, 0.15) is 5.82 Å². The average molecular weight is 441 g/mol. The zero-order chi connectivity index (χ0) is 21.0. The van der Waals surface area contributed by atoms with Crippen molar-refractivity contribution in [3.05, 3.63) is 35.6 Å². The van der Waals surface area contributed by atoms with Crippen molar-refractivity contribution in [2.45, 2.75) is 40.1 Å². The Bertz CT molecular complexity index is 657. The van der Waals surface area contributed by atoms with Gasteiger partial charge in [-0.1, -0.05) is 12.1 Å². The highest BCUT2D eigenvalue weighted by atomic mass is 31.2. The van der Waals surface area contributed by atoms with Gasteiger partial charge in [0.05, 0.1) is 26.4 Å². The molecule has 0 aromatic heterocycles. The van der Waals surface area contributed by atoms with Gasteiger partial charge in [-0.2, -0.15) is 0 Å². The first-order valence-electron chi connectivity index (χ1n) is 9.23. The van der Waals surface area contributed by atoms with Gasteiger partial charge in [0.15, 0.2) is 5.85 Å². The largest absolute Gasteiger partial charge is 0.475 e. The number of nitrogens with one attached hydrogen (secondary N) is 1. The van der Waals surface area contributed by atoms with E-state index >= 15 is 0 Å². The number of hydrogen-bond donors (Lipinski definition) is 1. The van der Waals surface area contributed by atoms with Crippen molar-refractivity contribution in [2.24, 2.45) is 0 Å². The quantitative estimate of drug-likeness (QED) is 0.392. The van der Waals surface area contributed by atoms with E-state index in [-0.39, 0.29) is 45.3 Å². The van der Waals surface area contributed by atoms with Crippen molar-refractivity contribution in [3.63, 3.8) is 0 Å². The maximum absolute atomic E-state index is 13.3. The molecule has 1 atom stereocenters. The van der Waals surface area contributed by atoms with Crippen LogP contribution in [0.2, 0.25) is 0 Å². The lowest BCUT2D eigenvalue weighted by Crippen LogP contribution is -2.30. The maximum atomic E-state index is 13.3. The number of hydrogen-bond acceptors (Lipinski definition) is 8. The molecule has 0 spiro atoms. The summed E-state index contributed by atoms with van der Waals surface area (Å²) in [5.74, 6) is -1.61. The van der Waals surface area contributed by atoms with E-state index < -0.39 is 21.3 Å². The van der Waals surface area contributed by atoms with Crippen molar-refractivity contribution in [3.8, 4) is 0 Å². The molecule has 0 amide bonds. The van der Waals surface area contributed by atoms with Crippen LogP contribution in [0.25, 0.3) is 0 Å². The third-order valence-electron chi connectivity index (χ3n) is 3.33. The summed E-state index contributed by atoms with van der Waals surface area (Å²) in [6.45, 7) is 7.18. The van der Waals surface area contributed by atoms with E-state index in [0.717, 1.165) is 0 Å². The van der Waals surface area contributed by atoms with Crippen LogP contribution >= 0.6 is 15.4 Å². The van der Waals surface area contributed by atoms with Gasteiger partial charge in [-0.3, -0.25) is 18.1 Å². The van der Waals surface area contributed by atoms with Crippen LogP contribution in [-0.2, 0) is 38.3 Å². The van der Waals surface area contributed by atoms with Gasteiger partial charge in [0.2, 0.25) is 0 Å². The SMILES string of the molecule is CCOP(=O)(OCC)OC(CNCc1cccc(F)c1)P(=O)(OCC)OCC. The first kappa shape index (κ1) is 25.4. The van der Waals surface area contributed by atoms with Crippen LogP contribution in [0.1, 0.15) is 33.3 Å². The van der Waals surface area contributed by atoms with Crippen LogP contribution < -0.4 is 5.32 Å². The molecule has 0 bridgehead atoms. The minimum Gasteiger partial charge on any atom is -0.309 e. The number of benzene rings is 1. The molecule has 1 N–H and O–H groups in total. The standard InChI is InChI=1S/C17H30FNO7P2/c1-5-22-27(20,23-6-2)17(26-28(21,24-7-3)25-8-4)14-19-13-15-10-9-11-16(18)12-15/h9-12,17,19H,5-8,13-14H2,1-4H3. The van der Waals surface area contributed by atoms with Crippen LogP contribution in [0.5, 0.6) is 0 Å². The van der Waals surface area contributed by atoms with Gasteiger partial charge in [-0.15, -0.1) is 0 Å². The van der Waals surface area contributed by atoms with Crippen molar-refractivity contribution < 1.29 is 36.1 Å². The van der Waals surface area contributed by atoms with Crippen LogP contribution in [0.3, 0.4) is 0 Å². The highest BCUT2D eigenvalue weighted by Crippen LogP contribution is 2.60. The molecule has 8 nitrogen and oxygen atoms in total. The Morgan fingerprint density at radius 2 is 1.54 bits per heavy atom. The first-order valence-corrected chi connectivity index (χ1v) is 12.3. The Labute approximate surface area is 166 Å². The third kappa shape index (κ3) is 8.39. The fourth-order valence-electron chi connectivity index (χ4n) is 2.32. The summed E-state index contributed by atoms with van der Waals surface area (Å²) in [6.07, 6.45) is 0. The molecule has 1 aromatic carbocycles. The smallest absolute Gasteiger partial charge is 0.309 e. The minimum absolute atomic E-state index is 0.0437. The molecule has 11 heteroatoms. The third-order valence-corrected chi connectivity index (χ3v) is 7.39. The van der Waals surface area contributed by atoms with Gasteiger partial charge in [-0.25, -0.2) is 8.96 Å². The first-order chi connectivity index (χ1) is 13.3. The monoisotopic (exact) mass is 441 g/mol. The van der Waals surface area contributed by atoms with Crippen LogP contribution in [0, 0.1) is 5.82 Å². The zero-order valence-corrected chi connectivity index (χ0v) is 18.5. The molecule has 1 unspecified atom stereocenters. The predicted octanol–water partition coefficient (Wildman–Crippen LogP) is 4.71. The molecule has 0 saturated heterocycles. The summed E-state index contributed by atoms with van der Waals surface area (Å²) in [6, 6.07) is 6.04. The number of halogens is 1. The Morgan fingerprint density at radius 3 is 2.04 bits per heavy atom. The number of phosphoric ester groups is 1. The molecule has 0 heterocycles. The average Bonchev–Trinajstić information content (AvgIpc) is 2.62. The summed E-state index contributed by atoms with van der Waals surface area (Å²) >= 11 is 0. The molecule has 0 aliphatic heterocycles. The van der Waals surface area contributed by atoms with Crippen molar-refractivity contribution in [1.29, 1.82) is 0 Å².